The Labute approximate surface area is 158 Å². The van der Waals surface area contributed by atoms with Gasteiger partial charge in [0.15, 0.2) is 0 Å². The first kappa shape index (κ1) is 20.6. The number of benzene rings is 2. The molecule has 2 N–H and O–H groups in total. The number of methoxy groups -OCH3 is 1. The molecule has 0 unspecified atom stereocenters. The van der Waals surface area contributed by atoms with Crippen LogP contribution in [-0.2, 0) is 14.8 Å². The molecule has 1 amide bonds. The van der Waals surface area contributed by atoms with Crippen LogP contribution in [0.4, 0.5) is 5.69 Å². The molecule has 7 nitrogen and oxygen atoms in total. The summed E-state index contributed by atoms with van der Waals surface area (Å²) in [5.41, 5.74) is 0.368. The van der Waals surface area contributed by atoms with Crippen molar-refractivity contribution >= 4 is 27.6 Å². The Morgan fingerprint density at radius 3 is 2.11 bits per heavy atom. The highest BCUT2D eigenvalue weighted by Gasteiger charge is 2.22. The second kappa shape index (κ2) is 7.89. The summed E-state index contributed by atoms with van der Waals surface area (Å²) in [7, 11) is -2.44. The number of anilines is 1. The molecule has 27 heavy (non-hydrogen) atoms. The SMILES string of the molecule is COC(=O)c1ccc(C(=O)Nc2cccc(S(=O)(=O)NC(C)(C)C)c2)cc1. The molecule has 0 fully saturated rings. The third-order valence-corrected chi connectivity index (χ3v) is 5.17. The average Bonchev–Trinajstić information content (AvgIpc) is 2.59. The highest BCUT2D eigenvalue weighted by Crippen LogP contribution is 2.18. The highest BCUT2D eigenvalue weighted by atomic mass is 32.2. The molecule has 0 saturated heterocycles. The van der Waals surface area contributed by atoms with Crippen molar-refractivity contribution in [1.29, 1.82) is 0 Å². The monoisotopic (exact) mass is 390 g/mol. The van der Waals surface area contributed by atoms with E-state index in [2.05, 4.69) is 14.8 Å². The highest BCUT2D eigenvalue weighted by molar-refractivity contribution is 7.89. The maximum Gasteiger partial charge on any atom is 0.337 e. The number of hydrogen-bond acceptors (Lipinski definition) is 5. The Bertz CT molecular complexity index is 945. The molecule has 0 aliphatic heterocycles. The van der Waals surface area contributed by atoms with E-state index in [1.54, 1.807) is 32.9 Å². The summed E-state index contributed by atoms with van der Waals surface area (Å²) < 4.78 is 32.0. The predicted octanol–water partition coefficient (Wildman–Crippen LogP) is 2.80. The summed E-state index contributed by atoms with van der Waals surface area (Å²) in [5.74, 6) is -0.920. The molecule has 2 aromatic carbocycles. The third-order valence-electron chi connectivity index (χ3n) is 3.41. The van der Waals surface area contributed by atoms with Crippen molar-refractivity contribution in [2.45, 2.75) is 31.2 Å². The van der Waals surface area contributed by atoms with Crippen molar-refractivity contribution in [3.8, 4) is 0 Å². The maximum absolute atomic E-state index is 12.4. The fraction of sp³-hybridized carbons (Fsp3) is 0.263. The Balaban J connectivity index is 2.18. The second-order valence-electron chi connectivity index (χ2n) is 6.91. The van der Waals surface area contributed by atoms with Crippen LogP contribution < -0.4 is 10.0 Å². The molecular weight excluding hydrogens is 368 g/mol. The van der Waals surface area contributed by atoms with Crippen LogP contribution in [0.25, 0.3) is 0 Å². The molecule has 144 valence electrons. The zero-order chi connectivity index (χ0) is 20.2. The van der Waals surface area contributed by atoms with Gasteiger partial charge in [0.05, 0.1) is 17.6 Å². The van der Waals surface area contributed by atoms with Gasteiger partial charge in [0.1, 0.15) is 0 Å². The quantitative estimate of drug-likeness (QED) is 0.765. The summed E-state index contributed by atoms with van der Waals surface area (Å²) in [6.07, 6.45) is 0. The molecule has 0 atom stereocenters. The number of carbonyl (C=O) groups is 2. The molecule has 2 rings (SSSR count). The lowest BCUT2D eigenvalue weighted by atomic mass is 10.1. The molecule has 0 aromatic heterocycles. The van der Waals surface area contributed by atoms with Crippen LogP contribution in [0.15, 0.2) is 53.4 Å². The molecule has 2 aromatic rings. The van der Waals surface area contributed by atoms with E-state index in [1.165, 1.54) is 43.5 Å². The van der Waals surface area contributed by atoms with Crippen molar-refractivity contribution < 1.29 is 22.7 Å². The topological polar surface area (TPSA) is 102 Å². The Kier molecular flexibility index (Phi) is 6.02. The van der Waals surface area contributed by atoms with E-state index in [9.17, 15) is 18.0 Å². The number of rotatable bonds is 5. The molecule has 0 bridgehead atoms. The number of esters is 1. The Morgan fingerprint density at radius 2 is 1.56 bits per heavy atom. The minimum Gasteiger partial charge on any atom is -0.465 e. The predicted molar refractivity (Wildman–Crippen MR) is 102 cm³/mol. The number of sulfonamides is 1. The molecule has 0 aliphatic carbocycles. The van der Waals surface area contributed by atoms with Crippen molar-refractivity contribution in [3.05, 3.63) is 59.7 Å². The van der Waals surface area contributed by atoms with Crippen LogP contribution >= 0.6 is 0 Å². The fourth-order valence-electron chi connectivity index (χ4n) is 2.28. The van der Waals surface area contributed by atoms with Crippen LogP contribution in [0.3, 0.4) is 0 Å². The van der Waals surface area contributed by atoms with E-state index in [-0.39, 0.29) is 4.90 Å². The van der Waals surface area contributed by atoms with E-state index < -0.39 is 27.4 Å². The van der Waals surface area contributed by atoms with Gasteiger partial charge in [-0.25, -0.2) is 17.9 Å². The lowest BCUT2D eigenvalue weighted by molar-refractivity contribution is 0.0600. The maximum atomic E-state index is 12.4. The van der Waals surface area contributed by atoms with Gasteiger partial charge in [-0.3, -0.25) is 4.79 Å². The van der Waals surface area contributed by atoms with Gasteiger partial charge in [0.2, 0.25) is 10.0 Å². The van der Waals surface area contributed by atoms with Crippen LogP contribution in [0.1, 0.15) is 41.5 Å². The molecular formula is C19H22N2O5S. The summed E-state index contributed by atoms with van der Waals surface area (Å²) in [5, 5.41) is 2.65. The Hall–Kier alpha value is -2.71. The number of ether oxygens (including phenoxy) is 1. The summed E-state index contributed by atoms with van der Waals surface area (Å²) in [6, 6.07) is 11.9. The molecule has 0 aliphatic rings. The van der Waals surface area contributed by atoms with Crippen LogP contribution in [-0.4, -0.2) is 32.9 Å². The number of carbonyl (C=O) groups excluding carboxylic acids is 2. The molecule has 0 heterocycles. The third kappa shape index (κ3) is 5.63. The molecule has 0 radical (unpaired) electrons. The number of nitrogens with one attached hydrogen (secondary N) is 2. The summed E-state index contributed by atoms with van der Waals surface area (Å²) >= 11 is 0. The fourth-order valence-corrected chi connectivity index (χ4v) is 3.75. The first-order chi connectivity index (χ1) is 12.5. The first-order valence-electron chi connectivity index (χ1n) is 8.15. The number of hydrogen-bond donors (Lipinski definition) is 2. The van der Waals surface area contributed by atoms with Gasteiger partial charge in [-0.05, 0) is 63.2 Å². The zero-order valence-corrected chi connectivity index (χ0v) is 16.4. The van der Waals surface area contributed by atoms with Gasteiger partial charge < -0.3 is 10.1 Å². The Morgan fingerprint density at radius 1 is 0.963 bits per heavy atom. The molecule has 0 saturated carbocycles. The van der Waals surface area contributed by atoms with Gasteiger partial charge >= 0.3 is 5.97 Å². The molecule has 8 heteroatoms. The van der Waals surface area contributed by atoms with E-state index in [4.69, 9.17) is 0 Å². The van der Waals surface area contributed by atoms with Gasteiger partial charge in [-0.2, -0.15) is 0 Å². The minimum atomic E-state index is -3.71. The van der Waals surface area contributed by atoms with Gasteiger partial charge in [0, 0.05) is 16.8 Å². The average molecular weight is 390 g/mol. The lowest BCUT2D eigenvalue weighted by Crippen LogP contribution is -2.40. The van der Waals surface area contributed by atoms with Gasteiger partial charge in [-0.15, -0.1) is 0 Å². The van der Waals surface area contributed by atoms with E-state index in [0.717, 1.165) is 0 Å². The number of amides is 1. The largest absolute Gasteiger partial charge is 0.465 e. The minimum absolute atomic E-state index is 0.0521. The zero-order valence-electron chi connectivity index (χ0n) is 15.6. The van der Waals surface area contributed by atoms with Crippen molar-refractivity contribution in [3.63, 3.8) is 0 Å². The van der Waals surface area contributed by atoms with Crippen LogP contribution in [0.5, 0.6) is 0 Å². The standard InChI is InChI=1S/C19H22N2O5S/c1-19(2,3)21-27(24,25)16-7-5-6-15(12-16)20-17(22)13-8-10-14(11-9-13)18(23)26-4/h5-12,21H,1-4H3,(H,20,22). The van der Waals surface area contributed by atoms with Gasteiger partial charge in [0.25, 0.3) is 5.91 Å². The van der Waals surface area contributed by atoms with Crippen LogP contribution in [0, 0.1) is 0 Å². The van der Waals surface area contributed by atoms with Crippen LogP contribution in [0.2, 0.25) is 0 Å². The van der Waals surface area contributed by atoms with Crippen molar-refractivity contribution in [2.75, 3.05) is 12.4 Å². The smallest absolute Gasteiger partial charge is 0.337 e. The van der Waals surface area contributed by atoms with Crippen molar-refractivity contribution in [2.24, 2.45) is 0 Å². The lowest BCUT2D eigenvalue weighted by Gasteiger charge is -2.20. The molecule has 0 spiro atoms. The van der Waals surface area contributed by atoms with E-state index >= 15 is 0 Å². The van der Waals surface area contributed by atoms with E-state index in [0.29, 0.717) is 16.8 Å². The van der Waals surface area contributed by atoms with Gasteiger partial charge in [-0.1, -0.05) is 6.07 Å². The summed E-state index contributed by atoms with van der Waals surface area (Å²) in [4.78, 5) is 23.8. The first-order valence-corrected chi connectivity index (χ1v) is 9.64. The van der Waals surface area contributed by atoms with E-state index in [1.807, 2.05) is 0 Å². The second-order valence-corrected chi connectivity index (χ2v) is 8.59. The van der Waals surface area contributed by atoms with Crippen molar-refractivity contribution in [1.82, 2.24) is 4.72 Å². The normalized spacial score (nSPS) is 11.7. The summed E-state index contributed by atoms with van der Waals surface area (Å²) in [6.45, 7) is 5.23.